The van der Waals surface area contributed by atoms with Crippen molar-refractivity contribution in [3.63, 3.8) is 0 Å². The molecule has 0 radical (unpaired) electrons. The van der Waals surface area contributed by atoms with Crippen molar-refractivity contribution in [2.75, 3.05) is 7.05 Å². The van der Waals surface area contributed by atoms with Gasteiger partial charge in [-0.15, -0.1) is 0 Å². The summed E-state index contributed by atoms with van der Waals surface area (Å²) in [6, 6.07) is 11.4. The molecule has 0 aliphatic heterocycles. The van der Waals surface area contributed by atoms with Gasteiger partial charge in [-0.2, -0.15) is 0 Å². The molecule has 0 saturated carbocycles. The van der Waals surface area contributed by atoms with Crippen LogP contribution in [-0.2, 0) is 6.42 Å². The molecule has 1 unspecified atom stereocenters. The van der Waals surface area contributed by atoms with Crippen LogP contribution in [0.25, 0.3) is 0 Å². The van der Waals surface area contributed by atoms with E-state index in [4.69, 9.17) is 0 Å². The lowest BCUT2D eigenvalue weighted by molar-refractivity contribution is 0.580. The predicted molar refractivity (Wildman–Crippen MR) is 85.5 cm³/mol. The maximum atomic E-state index is 13.4. The highest BCUT2D eigenvalue weighted by Gasteiger charge is 2.15. The van der Waals surface area contributed by atoms with E-state index >= 15 is 0 Å². The Balaban J connectivity index is 2.33. The Morgan fingerprint density at radius 1 is 1.15 bits per heavy atom. The zero-order valence-corrected chi connectivity index (χ0v) is 13.6. The molecule has 1 atom stereocenters. The van der Waals surface area contributed by atoms with E-state index < -0.39 is 0 Å². The van der Waals surface area contributed by atoms with Crippen LogP contribution in [0.3, 0.4) is 0 Å². The van der Waals surface area contributed by atoms with E-state index in [1.807, 2.05) is 20.0 Å². The molecule has 0 aromatic heterocycles. The van der Waals surface area contributed by atoms with Crippen LogP contribution in [0.2, 0.25) is 0 Å². The van der Waals surface area contributed by atoms with Gasteiger partial charge in [0.1, 0.15) is 5.82 Å². The molecule has 0 spiro atoms. The van der Waals surface area contributed by atoms with E-state index in [2.05, 4.69) is 46.4 Å². The monoisotopic (exact) mass is 335 g/mol. The van der Waals surface area contributed by atoms with Crippen LogP contribution in [0.4, 0.5) is 4.39 Å². The van der Waals surface area contributed by atoms with Gasteiger partial charge in [0.05, 0.1) is 0 Å². The fourth-order valence-corrected chi connectivity index (χ4v) is 2.90. The zero-order chi connectivity index (χ0) is 14.7. The van der Waals surface area contributed by atoms with E-state index in [1.165, 1.54) is 17.2 Å². The second-order valence-corrected chi connectivity index (χ2v) is 6.00. The molecule has 3 heteroatoms. The Bertz CT molecular complexity index is 610. The van der Waals surface area contributed by atoms with Crippen molar-refractivity contribution in [2.45, 2.75) is 26.3 Å². The first-order valence-corrected chi connectivity index (χ1v) is 7.49. The molecule has 0 bridgehead atoms. The summed E-state index contributed by atoms with van der Waals surface area (Å²) in [5.41, 5.74) is 4.59. The van der Waals surface area contributed by atoms with Crippen LogP contribution in [0, 0.1) is 19.7 Å². The van der Waals surface area contributed by atoms with Crippen molar-refractivity contribution >= 4 is 15.9 Å². The first-order valence-electron chi connectivity index (χ1n) is 6.69. The van der Waals surface area contributed by atoms with Crippen molar-refractivity contribution in [2.24, 2.45) is 0 Å². The highest BCUT2D eigenvalue weighted by atomic mass is 79.9. The first-order chi connectivity index (χ1) is 9.51. The van der Waals surface area contributed by atoms with Gasteiger partial charge >= 0.3 is 0 Å². The van der Waals surface area contributed by atoms with Gasteiger partial charge in [-0.3, -0.25) is 0 Å². The van der Waals surface area contributed by atoms with Gasteiger partial charge in [-0.25, -0.2) is 4.39 Å². The minimum atomic E-state index is -0.177. The summed E-state index contributed by atoms with van der Waals surface area (Å²) in [6.45, 7) is 4.10. The van der Waals surface area contributed by atoms with Crippen LogP contribution in [0.1, 0.15) is 28.3 Å². The second-order valence-electron chi connectivity index (χ2n) is 5.14. The average molecular weight is 336 g/mol. The topological polar surface area (TPSA) is 12.0 Å². The molecule has 0 fully saturated rings. The molecule has 1 nitrogen and oxygen atoms in total. The van der Waals surface area contributed by atoms with Gasteiger partial charge in [0.2, 0.25) is 0 Å². The third kappa shape index (κ3) is 3.47. The van der Waals surface area contributed by atoms with Crippen LogP contribution in [-0.4, -0.2) is 7.05 Å². The van der Waals surface area contributed by atoms with E-state index in [-0.39, 0.29) is 11.9 Å². The number of hydrogen-bond donors (Lipinski definition) is 1. The summed E-state index contributed by atoms with van der Waals surface area (Å²) in [7, 11) is 1.94. The summed E-state index contributed by atoms with van der Waals surface area (Å²) in [5.74, 6) is -0.177. The summed E-state index contributed by atoms with van der Waals surface area (Å²) in [5, 5.41) is 3.33. The summed E-state index contributed by atoms with van der Waals surface area (Å²) in [6.07, 6.45) is 0.766. The molecule has 2 aromatic rings. The lowest BCUT2D eigenvalue weighted by atomic mass is 9.95. The van der Waals surface area contributed by atoms with Gasteiger partial charge in [0.25, 0.3) is 0 Å². The number of halogens is 2. The molecule has 0 aliphatic carbocycles. The van der Waals surface area contributed by atoms with E-state index in [0.29, 0.717) is 0 Å². The molecular formula is C17H19BrFN. The molecule has 2 aromatic carbocycles. The molecule has 0 amide bonds. The van der Waals surface area contributed by atoms with Crippen LogP contribution in [0.15, 0.2) is 40.9 Å². The standard InChI is InChI=1S/C17H19BrFN/c1-11-4-7-16(18)15(8-11)17(20-3)10-13-9-14(19)6-5-12(13)2/h4-9,17,20H,10H2,1-3H3. The van der Waals surface area contributed by atoms with E-state index in [1.54, 1.807) is 6.07 Å². The normalized spacial score (nSPS) is 12.4. The Hall–Kier alpha value is -1.19. The number of benzene rings is 2. The van der Waals surface area contributed by atoms with Gasteiger partial charge in [-0.1, -0.05) is 39.7 Å². The van der Waals surface area contributed by atoms with E-state index in [0.717, 1.165) is 22.0 Å². The number of hydrogen-bond acceptors (Lipinski definition) is 1. The molecular weight excluding hydrogens is 317 g/mol. The maximum Gasteiger partial charge on any atom is 0.123 e. The highest BCUT2D eigenvalue weighted by molar-refractivity contribution is 9.10. The molecule has 0 saturated heterocycles. The fraction of sp³-hybridized carbons (Fsp3) is 0.294. The first kappa shape index (κ1) is 15.2. The quantitative estimate of drug-likeness (QED) is 0.853. The van der Waals surface area contributed by atoms with Crippen molar-refractivity contribution in [1.29, 1.82) is 0 Å². The lowest BCUT2D eigenvalue weighted by Crippen LogP contribution is -2.20. The third-order valence-corrected chi connectivity index (χ3v) is 4.33. The number of rotatable bonds is 4. The van der Waals surface area contributed by atoms with Gasteiger partial charge in [-0.05, 0) is 62.2 Å². The summed E-state index contributed by atoms with van der Waals surface area (Å²) >= 11 is 3.60. The molecule has 1 N–H and O–H groups in total. The fourth-order valence-electron chi connectivity index (χ4n) is 2.38. The Morgan fingerprint density at radius 3 is 2.60 bits per heavy atom. The Kier molecular flexibility index (Phi) is 4.95. The van der Waals surface area contributed by atoms with Crippen LogP contribution >= 0.6 is 15.9 Å². The molecule has 0 aliphatic rings. The molecule has 0 heterocycles. The Morgan fingerprint density at radius 2 is 1.90 bits per heavy atom. The van der Waals surface area contributed by atoms with Gasteiger partial charge in [0, 0.05) is 10.5 Å². The molecule has 20 heavy (non-hydrogen) atoms. The number of nitrogens with one attached hydrogen (secondary N) is 1. The minimum Gasteiger partial charge on any atom is -0.313 e. The second kappa shape index (κ2) is 6.51. The van der Waals surface area contributed by atoms with Gasteiger partial charge < -0.3 is 5.32 Å². The highest BCUT2D eigenvalue weighted by Crippen LogP contribution is 2.28. The SMILES string of the molecule is CNC(Cc1cc(F)ccc1C)c1cc(C)ccc1Br. The van der Waals surface area contributed by atoms with Crippen molar-refractivity contribution < 1.29 is 4.39 Å². The van der Waals surface area contributed by atoms with Crippen molar-refractivity contribution in [3.8, 4) is 0 Å². The predicted octanol–water partition coefficient (Wildman–Crippen LogP) is 4.71. The summed E-state index contributed by atoms with van der Waals surface area (Å²) < 4.78 is 14.5. The van der Waals surface area contributed by atoms with Crippen LogP contribution in [0.5, 0.6) is 0 Å². The number of likely N-dealkylation sites (N-methyl/N-ethyl adjacent to an activating group) is 1. The van der Waals surface area contributed by atoms with Gasteiger partial charge in [0.15, 0.2) is 0 Å². The molecule has 2 rings (SSSR count). The smallest absolute Gasteiger partial charge is 0.123 e. The third-order valence-electron chi connectivity index (χ3n) is 3.61. The minimum absolute atomic E-state index is 0.157. The largest absolute Gasteiger partial charge is 0.313 e. The Labute approximate surface area is 128 Å². The van der Waals surface area contributed by atoms with Crippen molar-refractivity contribution in [3.05, 3.63) is 68.9 Å². The number of aryl methyl sites for hydroxylation is 2. The van der Waals surface area contributed by atoms with Crippen LogP contribution < -0.4 is 5.32 Å². The van der Waals surface area contributed by atoms with E-state index in [9.17, 15) is 4.39 Å². The average Bonchev–Trinajstić information content (AvgIpc) is 2.42. The molecule has 106 valence electrons. The summed E-state index contributed by atoms with van der Waals surface area (Å²) in [4.78, 5) is 0. The lowest BCUT2D eigenvalue weighted by Gasteiger charge is -2.20. The van der Waals surface area contributed by atoms with Crippen molar-refractivity contribution in [1.82, 2.24) is 5.32 Å². The maximum absolute atomic E-state index is 13.4. The zero-order valence-electron chi connectivity index (χ0n) is 12.0.